The Labute approximate surface area is 137 Å². The molecule has 0 aliphatic heterocycles. The monoisotopic (exact) mass is 339 g/mol. The Kier molecular flexibility index (Phi) is 5.59. The summed E-state index contributed by atoms with van der Waals surface area (Å²) in [4.78, 5) is 12.1. The third-order valence-corrected chi connectivity index (χ3v) is 3.60. The molecule has 128 valence electrons. The highest BCUT2D eigenvalue weighted by molar-refractivity contribution is 5.78. The first kappa shape index (κ1) is 18.0. The van der Waals surface area contributed by atoms with Crippen LogP contribution in [0.15, 0.2) is 48.5 Å². The van der Waals surface area contributed by atoms with Crippen LogP contribution in [0.3, 0.4) is 0 Å². The van der Waals surface area contributed by atoms with E-state index in [1.54, 1.807) is 19.1 Å². The van der Waals surface area contributed by atoms with Crippen LogP contribution in [-0.4, -0.2) is 5.91 Å². The summed E-state index contributed by atoms with van der Waals surface area (Å²) in [5.41, 5.74) is 0.315. The molecule has 2 rings (SSSR count). The zero-order chi connectivity index (χ0) is 17.7. The molecule has 0 aliphatic rings. The number of carbonyl (C=O) groups is 1. The minimum Gasteiger partial charge on any atom is -0.352 e. The van der Waals surface area contributed by atoms with Crippen molar-refractivity contribution in [2.45, 2.75) is 26.1 Å². The van der Waals surface area contributed by atoms with Crippen LogP contribution in [0.25, 0.3) is 0 Å². The van der Waals surface area contributed by atoms with E-state index >= 15 is 0 Å². The molecule has 1 amide bonds. The van der Waals surface area contributed by atoms with Gasteiger partial charge in [-0.05, 0) is 41.8 Å². The second-order valence-corrected chi connectivity index (χ2v) is 5.65. The number of benzene rings is 2. The van der Waals surface area contributed by atoms with Crippen molar-refractivity contribution in [1.29, 1.82) is 0 Å². The van der Waals surface area contributed by atoms with Crippen LogP contribution in [-0.2, 0) is 23.9 Å². The molecule has 0 fully saturated rings. The van der Waals surface area contributed by atoms with E-state index in [0.29, 0.717) is 17.5 Å². The van der Waals surface area contributed by atoms with Crippen molar-refractivity contribution in [2.24, 2.45) is 5.92 Å². The molecule has 0 spiro atoms. The number of amides is 1. The number of nitrogens with one attached hydrogen (secondary N) is 1. The lowest BCUT2D eigenvalue weighted by Crippen LogP contribution is -2.30. The zero-order valence-electron chi connectivity index (χ0n) is 13.0. The lowest BCUT2D eigenvalue weighted by atomic mass is 10.00. The first-order valence-corrected chi connectivity index (χ1v) is 7.44. The molecule has 0 saturated heterocycles. The normalized spacial score (nSPS) is 12.7. The van der Waals surface area contributed by atoms with Gasteiger partial charge in [-0.2, -0.15) is 13.2 Å². The largest absolute Gasteiger partial charge is 0.416 e. The van der Waals surface area contributed by atoms with E-state index in [9.17, 15) is 22.4 Å². The average molecular weight is 339 g/mol. The summed E-state index contributed by atoms with van der Waals surface area (Å²) in [6.45, 7) is 1.70. The summed E-state index contributed by atoms with van der Waals surface area (Å²) in [5.74, 6) is -1.08. The molecular formula is C18H17F4NO. The van der Waals surface area contributed by atoms with Crippen LogP contribution >= 0.6 is 0 Å². The van der Waals surface area contributed by atoms with Gasteiger partial charge in [0.15, 0.2) is 0 Å². The maximum absolute atomic E-state index is 13.1. The molecule has 2 aromatic carbocycles. The summed E-state index contributed by atoms with van der Waals surface area (Å²) in [5, 5.41) is 2.61. The van der Waals surface area contributed by atoms with Gasteiger partial charge in [0.05, 0.1) is 5.56 Å². The number of alkyl halides is 3. The number of hydrogen-bond acceptors (Lipinski definition) is 1. The van der Waals surface area contributed by atoms with Crippen molar-refractivity contribution in [1.82, 2.24) is 5.32 Å². The fourth-order valence-electron chi connectivity index (χ4n) is 2.33. The molecular weight excluding hydrogens is 322 g/mol. The fraction of sp³-hybridized carbons (Fsp3) is 0.278. The molecule has 0 aromatic heterocycles. The summed E-state index contributed by atoms with van der Waals surface area (Å²) >= 11 is 0. The summed E-state index contributed by atoms with van der Waals surface area (Å²) < 4.78 is 51.1. The number of halogens is 4. The first-order valence-electron chi connectivity index (χ1n) is 7.44. The summed E-state index contributed by atoms with van der Waals surface area (Å²) in [6, 6.07) is 10.8. The summed E-state index contributed by atoms with van der Waals surface area (Å²) in [6.07, 6.45) is -4.06. The molecule has 2 aromatic rings. The van der Waals surface area contributed by atoms with Crippen molar-refractivity contribution >= 4 is 5.91 Å². The molecule has 6 heteroatoms. The van der Waals surface area contributed by atoms with Gasteiger partial charge in [-0.25, -0.2) is 4.39 Å². The van der Waals surface area contributed by atoms with Crippen LogP contribution < -0.4 is 5.32 Å². The topological polar surface area (TPSA) is 29.1 Å². The van der Waals surface area contributed by atoms with Crippen molar-refractivity contribution in [3.63, 3.8) is 0 Å². The SMILES string of the molecule is CC(Cc1cccc(F)c1)C(=O)NCc1cccc(C(F)(F)F)c1. The second kappa shape index (κ2) is 7.47. The van der Waals surface area contributed by atoms with Gasteiger partial charge in [0.25, 0.3) is 0 Å². The molecule has 0 radical (unpaired) electrons. The quantitative estimate of drug-likeness (QED) is 0.807. The minimum absolute atomic E-state index is 0.0102. The third kappa shape index (κ3) is 5.08. The van der Waals surface area contributed by atoms with Crippen LogP contribution in [0.1, 0.15) is 23.6 Å². The molecule has 0 saturated carbocycles. The molecule has 2 nitrogen and oxygen atoms in total. The lowest BCUT2D eigenvalue weighted by molar-refractivity contribution is -0.137. The second-order valence-electron chi connectivity index (χ2n) is 5.65. The van der Waals surface area contributed by atoms with Crippen LogP contribution in [0, 0.1) is 11.7 Å². The highest BCUT2D eigenvalue weighted by Gasteiger charge is 2.30. The smallest absolute Gasteiger partial charge is 0.352 e. The minimum atomic E-state index is -4.41. The van der Waals surface area contributed by atoms with Gasteiger partial charge in [0, 0.05) is 12.5 Å². The van der Waals surface area contributed by atoms with Gasteiger partial charge in [-0.1, -0.05) is 31.2 Å². The zero-order valence-corrected chi connectivity index (χ0v) is 13.0. The van der Waals surface area contributed by atoms with Gasteiger partial charge in [0.2, 0.25) is 5.91 Å². The van der Waals surface area contributed by atoms with E-state index in [1.165, 1.54) is 24.3 Å². The number of rotatable bonds is 5. The molecule has 0 heterocycles. The Hall–Kier alpha value is -2.37. The van der Waals surface area contributed by atoms with Crippen LogP contribution in [0.5, 0.6) is 0 Å². The predicted molar refractivity (Wildman–Crippen MR) is 82.6 cm³/mol. The number of hydrogen-bond donors (Lipinski definition) is 1. The van der Waals surface area contributed by atoms with E-state index in [-0.39, 0.29) is 18.3 Å². The highest BCUT2D eigenvalue weighted by Crippen LogP contribution is 2.29. The van der Waals surface area contributed by atoms with Crippen molar-refractivity contribution in [3.05, 3.63) is 71.0 Å². The summed E-state index contributed by atoms with van der Waals surface area (Å²) in [7, 11) is 0. The standard InChI is InChI=1S/C18H17F4NO/c1-12(8-13-4-3-7-16(19)10-13)17(24)23-11-14-5-2-6-15(9-14)18(20,21)22/h2-7,9-10,12H,8,11H2,1H3,(H,23,24). The highest BCUT2D eigenvalue weighted by atomic mass is 19.4. The lowest BCUT2D eigenvalue weighted by Gasteiger charge is -2.13. The Morgan fingerprint density at radius 3 is 2.42 bits per heavy atom. The van der Waals surface area contributed by atoms with Gasteiger partial charge < -0.3 is 5.32 Å². The Morgan fingerprint density at radius 2 is 1.75 bits per heavy atom. The fourth-order valence-corrected chi connectivity index (χ4v) is 2.33. The van der Waals surface area contributed by atoms with Gasteiger partial charge in [0.1, 0.15) is 5.82 Å². The van der Waals surface area contributed by atoms with E-state index in [2.05, 4.69) is 5.32 Å². The maximum Gasteiger partial charge on any atom is 0.416 e. The molecule has 1 atom stereocenters. The molecule has 0 bridgehead atoms. The van der Waals surface area contributed by atoms with Crippen LogP contribution in [0.4, 0.5) is 17.6 Å². The Bertz CT molecular complexity index is 712. The van der Waals surface area contributed by atoms with Gasteiger partial charge in [-0.3, -0.25) is 4.79 Å². The van der Waals surface area contributed by atoms with E-state index in [4.69, 9.17) is 0 Å². The molecule has 1 unspecified atom stereocenters. The Morgan fingerprint density at radius 1 is 1.08 bits per heavy atom. The van der Waals surface area contributed by atoms with Crippen molar-refractivity contribution in [2.75, 3.05) is 0 Å². The van der Waals surface area contributed by atoms with Crippen molar-refractivity contribution < 1.29 is 22.4 Å². The van der Waals surface area contributed by atoms with Crippen molar-refractivity contribution in [3.8, 4) is 0 Å². The van der Waals surface area contributed by atoms with E-state index in [0.717, 1.165) is 12.1 Å². The molecule has 0 aliphatic carbocycles. The third-order valence-electron chi connectivity index (χ3n) is 3.60. The average Bonchev–Trinajstić information content (AvgIpc) is 2.52. The first-order chi connectivity index (χ1) is 11.3. The Balaban J connectivity index is 1.93. The number of carbonyl (C=O) groups excluding carboxylic acids is 1. The molecule has 24 heavy (non-hydrogen) atoms. The maximum atomic E-state index is 13.1. The predicted octanol–water partition coefficient (Wildman–Crippen LogP) is 4.34. The van der Waals surface area contributed by atoms with Crippen LogP contribution in [0.2, 0.25) is 0 Å². The molecule has 1 N–H and O–H groups in total. The van der Waals surface area contributed by atoms with E-state index < -0.39 is 17.7 Å². The van der Waals surface area contributed by atoms with Gasteiger partial charge in [-0.15, -0.1) is 0 Å². The van der Waals surface area contributed by atoms with Gasteiger partial charge >= 0.3 is 6.18 Å². The van der Waals surface area contributed by atoms with E-state index in [1.807, 2.05) is 0 Å².